The van der Waals surface area contributed by atoms with Crippen molar-refractivity contribution in [2.45, 2.75) is 9.79 Å². The highest BCUT2D eigenvalue weighted by Gasteiger charge is 2.16. The number of nitrogens with one attached hydrogen (secondary N) is 1. The summed E-state index contributed by atoms with van der Waals surface area (Å²) in [6.45, 7) is -0.527. The fraction of sp³-hybridized carbons (Fsp3) is 0.176. The van der Waals surface area contributed by atoms with Crippen molar-refractivity contribution < 1.29 is 22.7 Å². The summed E-state index contributed by atoms with van der Waals surface area (Å²) in [6.07, 6.45) is 2.88. The van der Waals surface area contributed by atoms with Gasteiger partial charge in [0.1, 0.15) is 0 Å². The van der Waals surface area contributed by atoms with Gasteiger partial charge in [-0.2, -0.15) is 0 Å². The lowest BCUT2D eigenvalue weighted by Crippen LogP contribution is -2.21. The number of benzene rings is 2. The standard InChI is InChI=1S/C17H16ClNO5S2/c1-25-15-6-4-3-5-12(15)17(21)24-10-16(20)19-14-9-11(26(2,22)23)7-8-13(14)18/h3-9H,10H2,1-2H3,(H,19,20). The van der Waals surface area contributed by atoms with Crippen molar-refractivity contribution >= 4 is 50.8 Å². The number of halogens is 1. The molecule has 0 aliphatic rings. The molecule has 1 N–H and O–H groups in total. The van der Waals surface area contributed by atoms with Crippen LogP contribution in [-0.2, 0) is 19.4 Å². The van der Waals surface area contributed by atoms with E-state index in [0.29, 0.717) is 5.56 Å². The lowest BCUT2D eigenvalue weighted by atomic mass is 10.2. The lowest BCUT2D eigenvalue weighted by Gasteiger charge is -2.10. The van der Waals surface area contributed by atoms with E-state index in [-0.39, 0.29) is 15.6 Å². The van der Waals surface area contributed by atoms with E-state index in [0.717, 1.165) is 11.2 Å². The zero-order valence-corrected chi connectivity index (χ0v) is 16.4. The summed E-state index contributed by atoms with van der Waals surface area (Å²) in [5.74, 6) is -1.26. The van der Waals surface area contributed by atoms with Crippen molar-refractivity contribution in [2.75, 3.05) is 24.4 Å². The molecule has 0 radical (unpaired) electrons. The number of sulfone groups is 1. The zero-order chi connectivity index (χ0) is 19.3. The van der Waals surface area contributed by atoms with Crippen LogP contribution in [0.1, 0.15) is 10.4 Å². The Morgan fingerprint density at radius 1 is 1.19 bits per heavy atom. The smallest absolute Gasteiger partial charge is 0.339 e. The first kappa shape index (κ1) is 20.3. The summed E-state index contributed by atoms with van der Waals surface area (Å²) >= 11 is 7.36. The maximum atomic E-state index is 12.1. The number of thioether (sulfide) groups is 1. The molecule has 0 heterocycles. The number of anilines is 1. The average Bonchev–Trinajstić information content (AvgIpc) is 2.60. The zero-order valence-electron chi connectivity index (χ0n) is 14.0. The number of esters is 1. The van der Waals surface area contributed by atoms with E-state index in [2.05, 4.69) is 5.32 Å². The van der Waals surface area contributed by atoms with Crippen molar-refractivity contribution in [3.63, 3.8) is 0 Å². The van der Waals surface area contributed by atoms with Crippen molar-refractivity contribution in [2.24, 2.45) is 0 Å². The molecule has 0 aromatic heterocycles. The minimum absolute atomic E-state index is 0.0168. The molecule has 2 aromatic rings. The molecule has 0 aliphatic heterocycles. The van der Waals surface area contributed by atoms with E-state index in [1.54, 1.807) is 24.3 Å². The van der Waals surface area contributed by atoms with Crippen molar-refractivity contribution in [1.82, 2.24) is 0 Å². The predicted molar refractivity (Wildman–Crippen MR) is 102 cm³/mol. The Kier molecular flexibility index (Phi) is 6.69. The van der Waals surface area contributed by atoms with E-state index in [9.17, 15) is 18.0 Å². The Morgan fingerprint density at radius 2 is 1.88 bits per heavy atom. The minimum atomic E-state index is -3.44. The predicted octanol–water partition coefficient (Wildman–Crippen LogP) is 3.26. The fourth-order valence-electron chi connectivity index (χ4n) is 2.04. The van der Waals surface area contributed by atoms with Crippen LogP contribution < -0.4 is 5.32 Å². The van der Waals surface area contributed by atoms with Gasteiger partial charge in [0.2, 0.25) is 0 Å². The van der Waals surface area contributed by atoms with Crippen LogP contribution in [0.3, 0.4) is 0 Å². The molecule has 0 saturated carbocycles. The second-order valence-corrected chi connectivity index (χ2v) is 8.51. The number of rotatable bonds is 6. The van der Waals surface area contributed by atoms with Gasteiger partial charge in [0.15, 0.2) is 16.4 Å². The fourth-order valence-corrected chi connectivity index (χ4v) is 3.44. The summed E-state index contributed by atoms with van der Waals surface area (Å²) in [6, 6.07) is 10.8. The average molecular weight is 414 g/mol. The van der Waals surface area contributed by atoms with Crippen LogP contribution in [0.15, 0.2) is 52.3 Å². The first-order valence-corrected chi connectivity index (χ1v) is 10.8. The number of amides is 1. The molecular formula is C17H16ClNO5S2. The van der Waals surface area contributed by atoms with Gasteiger partial charge in [0.25, 0.3) is 5.91 Å². The Labute approximate surface area is 160 Å². The van der Waals surface area contributed by atoms with Crippen LogP contribution in [0.25, 0.3) is 0 Å². The van der Waals surface area contributed by atoms with Crippen molar-refractivity contribution in [3.8, 4) is 0 Å². The Bertz CT molecular complexity index is 944. The van der Waals surface area contributed by atoms with Gasteiger partial charge in [0.05, 0.1) is 21.2 Å². The van der Waals surface area contributed by atoms with Crippen LogP contribution in [0.2, 0.25) is 5.02 Å². The van der Waals surface area contributed by atoms with Crippen LogP contribution in [0, 0.1) is 0 Å². The molecule has 0 bridgehead atoms. The molecule has 0 fully saturated rings. The van der Waals surface area contributed by atoms with Gasteiger partial charge in [-0.3, -0.25) is 4.79 Å². The maximum Gasteiger partial charge on any atom is 0.339 e. The van der Waals surface area contributed by atoms with Gasteiger partial charge in [-0.05, 0) is 36.6 Å². The molecule has 0 atom stereocenters. The highest BCUT2D eigenvalue weighted by atomic mass is 35.5. The van der Waals surface area contributed by atoms with Crippen molar-refractivity contribution in [3.05, 3.63) is 53.1 Å². The number of carbonyl (C=O) groups is 2. The van der Waals surface area contributed by atoms with E-state index in [4.69, 9.17) is 16.3 Å². The summed E-state index contributed by atoms with van der Waals surface area (Å²) in [7, 11) is -3.44. The number of hydrogen-bond donors (Lipinski definition) is 1. The molecule has 2 aromatic carbocycles. The highest BCUT2D eigenvalue weighted by Crippen LogP contribution is 2.25. The molecular weight excluding hydrogens is 398 g/mol. The number of hydrogen-bond acceptors (Lipinski definition) is 6. The summed E-state index contributed by atoms with van der Waals surface area (Å²) in [5, 5.41) is 2.61. The first-order valence-electron chi connectivity index (χ1n) is 7.32. The SMILES string of the molecule is CSc1ccccc1C(=O)OCC(=O)Nc1cc(S(C)(=O)=O)ccc1Cl. The van der Waals surface area contributed by atoms with E-state index in [1.807, 2.05) is 6.26 Å². The molecule has 0 spiro atoms. The van der Waals surface area contributed by atoms with Gasteiger partial charge in [0, 0.05) is 11.2 Å². The lowest BCUT2D eigenvalue weighted by molar-refractivity contribution is -0.119. The maximum absolute atomic E-state index is 12.1. The second-order valence-electron chi connectivity index (χ2n) is 5.24. The second kappa shape index (κ2) is 8.57. The van der Waals surface area contributed by atoms with Gasteiger partial charge >= 0.3 is 5.97 Å². The molecule has 0 aliphatic carbocycles. The largest absolute Gasteiger partial charge is 0.452 e. The van der Waals surface area contributed by atoms with Crippen LogP contribution >= 0.6 is 23.4 Å². The van der Waals surface area contributed by atoms with E-state index >= 15 is 0 Å². The normalized spacial score (nSPS) is 11.0. The molecule has 9 heteroatoms. The topological polar surface area (TPSA) is 89.5 Å². The van der Waals surface area contributed by atoms with Crippen LogP contribution in [0.4, 0.5) is 5.69 Å². The van der Waals surface area contributed by atoms with Gasteiger partial charge in [-0.15, -0.1) is 11.8 Å². The number of ether oxygens (including phenoxy) is 1. The van der Waals surface area contributed by atoms with Gasteiger partial charge < -0.3 is 10.1 Å². The third-order valence-corrected chi connectivity index (χ3v) is 5.54. The Morgan fingerprint density at radius 3 is 2.54 bits per heavy atom. The van der Waals surface area contributed by atoms with Crippen molar-refractivity contribution in [1.29, 1.82) is 0 Å². The molecule has 2 rings (SSSR count). The van der Waals surface area contributed by atoms with Gasteiger partial charge in [-0.1, -0.05) is 23.7 Å². The third kappa shape index (κ3) is 5.23. The number of carbonyl (C=O) groups excluding carboxylic acids is 2. The van der Waals surface area contributed by atoms with E-state index < -0.39 is 28.3 Å². The summed E-state index contributed by atoms with van der Waals surface area (Å²) < 4.78 is 28.2. The first-order chi connectivity index (χ1) is 12.2. The molecule has 0 saturated heterocycles. The quantitative estimate of drug-likeness (QED) is 0.577. The van der Waals surface area contributed by atoms with Crippen LogP contribution in [-0.4, -0.2) is 39.4 Å². The van der Waals surface area contributed by atoms with E-state index in [1.165, 1.54) is 30.0 Å². The Balaban J connectivity index is 2.04. The van der Waals surface area contributed by atoms with Crippen LogP contribution in [0.5, 0.6) is 0 Å². The molecule has 6 nitrogen and oxygen atoms in total. The minimum Gasteiger partial charge on any atom is -0.452 e. The molecule has 26 heavy (non-hydrogen) atoms. The summed E-state index contributed by atoms with van der Waals surface area (Å²) in [5.41, 5.74) is 0.491. The van der Waals surface area contributed by atoms with Gasteiger partial charge in [-0.25, -0.2) is 13.2 Å². The molecule has 138 valence electrons. The Hall–Kier alpha value is -2.03. The summed E-state index contributed by atoms with van der Waals surface area (Å²) in [4.78, 5) is 24.9. The molecule has 0 unspecified atom stereocenters. The highest BCUT2D eigenvalue weighted by molar-refractivity contribution is 7.98. The molecule has 1 amide bonds. The third-order valence-electron chi connectivity index (χ3n) is 3.30. The monoisotopic (exact) mass is 413 g/mol.